The standard InChI is InChI=1S/C19H31N/c1-4-19(5-2,17-13-8-7-9-14-17)18(20-6-3)15-16-11-10-12-16/h7-9,13-14,16,18,20H,4-6,10-12,15H2,1-3H3. The normalized spacial score (nSPS) is 17.8. The lowest BCUT2D eigenvalue weighted by Gasteiger charge is -2.44. The van der Waals surface area contributed by atoms with Crippen LogP contribution in [0, 0.1) is 5.92 Å². The predicted octanol–water partition coefficient (Wildman–Crippen LogP) is 4.91. The molecule has 1 aliphatic carbocycles. The lowest BCUT2D eigenvalue weighted by atomic mass is 9.66. The van der Waals surface area contributed by atoms with Crippen LogP contribution in [-0.4, -0.2) is 12.6 Å². The van der Waals surface area contributed by atoms with E-state index in [0.29, 0.717) is 11.5 Å². The van der Waals surface area contributed by atoms with Crippen LogP contribution in [0.4, 0.5) is 0 Å². The summed E-state index contributed by atoms with van der Waals surface area (Å²) in [7, 11) is 0. The minimum Gasteiger partial charge on any atom is -0.313 e. The number of likely N-dealkylation sites (N-methyl/N-ethyl adjacent to an activating group) is 1. The SMILES string of the molecule is CCNC(CC1CCC1)C(CC)(CC)c1ccccc1. The Bertz CT molecular complexity index is 376. The molecular formula is C19H31N. The minimum absolute atomic E-state index is 0.298. The Kier molecular flexibility index (Phi) is 5.65. The molecule has 0 amide bonds. The summed E-state index contributed by atoms with van der Waals surface area (Å²) in [5.74, 6) is 0.959. The first-order valence-corrected chi connectivity index (χ1v) is 8.55. The van der Waals surface area contributed by atoms with Crippen LogP contribution in [0.5, 0.6) is 0 Å². The first-order chi connectivity index (χ1) is 9.76. The number of benzene rings is 1. The van der Waals surface area contributed by atoms with Crippen molar-refractivity contribution >= 4 is 0 Å². The van der Waals surface area contributed by atoms with Crippen molar-refractivity contribution < 1.29 is 0 Å². The van der Waals surface area contributed by atoms with Crippen molar-refractivity contribution in [3.05, 3.63) is 35.9 Å². The first kappa shape index (κ1) is 15.6. The molecule has 0 aliphatic heterocycles. The molecule has 1 unspecified atom stereocenters. The maximum atomic E-state index is 3.82. The average molecular weight is 273 g/mol. The minimum atomic E-state index is 0.298. The Balaban J connectivity index is 2.26. The summed E-state index contributed by atoms with van der Waals surface area (Å²) < 4.78 is 0. The van der Waals surface area contributed by atoms with Crippen molar-refractivity contribution in [3.63, 3.8) is 0 Å². The summed E-state index contributed by atoms with van der Waals surface area (Å²) in [6.07, 6.45) is 8.13. The highest BCUT2D eigenvalue weighted by atomic mass is 14.9. The molecule has 1 nitrogen and oxygen atoms in total. The second kappa shape index (κ2) is 7.26. The van der Waals surface area contributed by atoms with Gasteiger partial charge in [0.1, 0.15) is 0 Å². The number of nitrogens with one attached hydrogen (secondary N) is 1. The quantitative estimate of drug-likeness (QED) is 0.709. The molecule has 1 saturated carbocycles. The van der Waals surface area contributed by atoms with Crippen LogP contribution in [0.2, 0.25) is 0 Å². The molecule has 2 rings (SSSR count). The van der Waals surface area contributed by atoms with E-state index in [-0.39, 0.29) is 0 Å². The number of hydrogen-bond donors (Lipinski definition) is 1. The molecule has 0 aromatic heterocycles. The summed E-state index contributed by atoms with van der Waals surface area (Å²) in [4.78, 5) is 0. The van der Waals surface area contributed by atoms with Crippen LogP contribution in [-0.2, 0) is 5.41 Å². The lowest BCUT2D eigenvalue weighted by molar-refractivity contribution is 0.189. The summed E-state index contributed by atoms with van der Waals surface area (Å²) in [5, 5.41) is 3.82. The lowest BCUT2D eigenvalue weighted by Crippen LogP contribution is -2.49. The van der Waals surface area contributed by atoms with E-state index in [1.54, 1.807) is 0 Å². The van der Waals surface area contributed by atoms with Gasteiger partial charge in [-0.25, -0.2) is 0 Å². The number of rotatable bonds is 8. The molecule has 0 bridgehead atoms. The molecule has 0 heterocycles. The van der Waals surface area contributed by atoms with Gasteiger partial charge >= 0.3 is 0 Å². The molecule has 1 atom stereocenters. The highest BCUT2D eigenvalue weighted by molar-refractivity contribution is 5.28. The topological polar surface area (TPSA) is 12.0 Å². The summed E-state index contributed by atoms with van der Waals surface area (Å²) in [5.41, 5.74) is 1.82. The average Bonchev–Trinajstić information content (AvgIpc) is 2.45. The van der Waals surface area contributed by atoms with Gasteiger partial charge in [-0.2, -0.15) is 0 Å². The molecule has 0 saturated heterocycles. The predicted molar refractivity (Wildman–Crippen MR) is 88.1 cm³/mol. The Morgan fingerprint density at radius 2 is 1.75 bits per heavy atom. The fraction of sp³-hybridized carbons (Fsp3) is 0.684. The molecule has 0 spiro atoms. The smallest absolute Gasteiger partial charge is 0.0166 e. The third-order valence-electron chi connectivity index (χ3n) is 5.52. The van der Waals surface area contributed by atoms with Crippen LogP contribution >= 0.6 is 0 Å². The van der Waals surface area contributed by atoms with Crippen LogP contribution in [0.1, 0.15) is 64.9 Å². The molecular weight excluding hydrogens is 242 g/mol. The van der Waals surface area contributed by atoms with Crippen molar-refractivity contribution in [2.75, 3.05) is 6.54 Å². The van der Waals surface area contributed by atoms with Gasteiger partial charge in [-0.15, -0.1) is 0 Å². The maximum Gasteiger partial charge on any atom is 0.0166 e. The molecule has 1 heteroatoms. The molecule has 1 fully saturated rings. The van der Waals surface area contributed by atoms with Gasteiger partial charge in [0.2, 0.25) is 0 Å². The largest absolute Gasteiger partial charge is 0.313 e. The zero-order valence-electron chi connectivity index (χ0n) is 13.5. The van der Waals surface area contributed by atoms with Gasteiger partial charge in [-0.05, 0) is 37.3 Å². The number of hydrogen-bond acceptors (Lipinski definition) is 1. The third-order valence-corrected chi connectivity index (χ3v) is 5.52. The summed E-state index contributed by atoms with van der Waals surface area (Å²) in [6.45, 7) is 8.05. The van der Waals surface area contributed by atoms with E-state index in [9.17, 15) is 0 Å². The maximum absolute atomic E-state index is 3.82. The fourth-order valence-corrected chi connectivity index (χ4v) is 3.93. The first-order valence-electron chi connectivity index (χ1n) is 8.55. The van der Waals surface area contributed by atoms with Crippen molar-refractivity contribution in [3.8, 4) is 0 Å². The highest BCUT2D eigenvalue weighted by Gasteiger charge is 2.38. The Hall–Kier alpha value is -0.820. The van der Waals surface area contributed by atoms with E-state index in [4.69, 9.17) is 0 Å². The van der Waals surface area contributed by atoms with Crippen LogP contribution in [0.15, 0.2) is 30.3 Å². The van der Waals surface area contributed by atoms with Gasteiger partial charge in [0.05, 0.1) is 0 Å². The molecule has 0 radical (unpaired) electrons. The zero-order chi connectivity index (χ0) is 14.4. The molecule has 20 heavy (non-hydrogen) atoms. The highest BCUT2D eigenvalue weighted by Crippen LogP contribution is 2.41. The van der Waals surface area contributed by atoms with E-state index in [1.807, 2.05) is 0 Å². The second-order valence-electron chi connectivity index (χ2n) is 6.37. The van der Waals surface area contributed by atoms with Gasteiger partial charge in [0.25, 0.3) is 0 Å². The molecule has 1 aromatic rings. The van der Waals surface area contributed by atoms with Crippen molar-refractivity contribution in [1.29, 1.82) is 0 Å². The van der Waals surface area contributed by atoms with E-state index in [0.717, 1.165) is 12.5 Å². The monoisotopic (exact) mass is 273 g/mol. The Morgan fingerprint density at radius 1 is 1.10 bits per heavy atom. The zero-order valence-corrected chi connectivity index (χ0v) is 13.5. The van der Waals surface area contributed by atoms with Gasteiger partial charge in [-0.1, -0.05) is 70.4 Å². The third kappa shape index (κ3) is 3.09. The van der Waals surface area contributed by atoms with E-state index < -0.39 is 0 Å². The summed E-state index contributed by atoms with van der Waals surface area (Å²) >= 11 is 0. The van der Waals surface area contributed by atoms with Gasteiger partial charge in [0.15, 0.2) is 0 Å². The molecule has 112 valence electrons. The van der Waals surface area contributed by atoms with Gasteiger partial charge < -0.3 is 5.32 Å². The van der Waals surface area contributed by atoms with Crippen LogP contribution in [0.25, 0.3) is 0 Å². The van der Waals surface area contributed by atoms with E-state index in [2.05, 4.69) is 56.4 Å². The molecule has 1 N–H and O–H groups in total. The van der Waals surface area contributed by atoms with E-state index in [1.165, 1.54) is 44.1 Å². The van der Waals surface area contributed by atoms with E-state index >= 15 is 0 Å². The summed E-state index contributed by atoms with van der Waals surface area (Å²) in [6, 6.07) is 11.8. The van der Waals surface area contributed by atoms with Gasteiger partial charge in [-0.3, -0.25) is 0 Å². The van der Waals surface area contributed by atoms with Crippen LogP contribution in [0.3, 0.4) is 0 Å². The Morgan fingerprint density at radius 3 is 2.20 bits per heavy atom. The van der Waals surface area contributed by atoms with Crippen molar-refractivity contribution in [1.82, 2.24) is 5.32 Å². The molecule has 1 aromatic carbocycles. The van der Waals surface area contributed by atoms with Crippen LogP contribution < -0.4 is 5.32 Å². The molecule has 1 aliphatic rings. The van der Waals surface area contributed by atoms with Gasteiger partial charge in [0, 0.05) is 11.5 Å². The van der Waals surface area contributed by atoms with Crippen molar-refractivity contribution in [2.45, 2.75) is 70.8 Å². The second-order valence-corrected chi connectivity index (χ2v) is 6.37. The fourth-order valence-electron chi connectivity index (χ4n) is 3.93. The van der Waals surface area contributed by atoms with Crippen molar-refractivity contribution in [2.24, 2.45) is 5.92 Å². The Labute approximate surface area is 125 Å².